The highest BCUT2D eigenvalue weighted by atomic mass is 35.5. The van der Waals surface area contributed by atoms with Gasteiger partial charge in [0.15, 0.2) is 0 Å². The number of likely N-dealkylation sites (N-methyl/N-ethyl adjacent to an activating group) is 1. The molecule has 0 saturated carbocycles. The Bertz CT molecular complexity index is 592. The van der Waals surface area contributed by atoms with Crippen molar-refractivity contribution < 1.29 is 9.53 Å². The van der Waals surface area contributed by atoms with Gasteiger partial charge in [-0.1, -0.05) is 11.6 Å². The summed E-state index contributed by atoms with van der Waals surface area (Å²) in [4.78, 5) is 24.2. The Balaban J connectivity index is 1.94. The van der Waals surface area contributed by atoms with E-state index in [0.717, 1.165) is 31.5 Å². The Morgan fingerprint density at radius 3 is 2.79 bits per heavy atom. The van der Waals surface area contributed by atoms with Crippen LogP contribution in [0.4, 0.5) is 4.79 Å². The predicted octanol–water partition coefficient (Wildman–Crippen LogP) is 3.61. The maximum absolute atomic E-state index is 12.3. The molecule has 1 amide bonds. The van der Waals surface area contributed by atoms with Crippen LogP contribution in [0.5, 0.6) is 0 Å². The second-order valence-electron chi connectivity index (χ2n) is 7.12. The van der Waals surface area contributed by atoms with Gasteiger partial charge in [-0.25, -0.2) is 14.8 Å². The molecule has 0 bridgehead atoms. The molecule has 2 rings (SSSR count). The SMILES string of the molecule is CN(Cc1cnc(Cl)nc1Cl)C[C@@H]1CCCN1C(=O)OC(C)(C)C. The van der Waals surface area contributed by atoms with Crippen LogP contribution in [0, 0.1) is 0 Å². The smallest absolute Gasteiger partial charge is 0.410 e. The number of hydrogen-bond donors (Lipinski definition) is 0. The summed E-state index contributed by atoms with van der Waals surface area (Å²) in [5, 5.41) is 0.496. The minimum absolute atomic E-state index is 0.136. The summed E-state index contributed by atoms with van der Waals surface area (Å²) in [7, 11) is 1.98. The first kappa shape index (κ1) is 19.2. The lowest BCUT2D eigenvalue weighted by Gasteiger charge is -2.31. The van der Waals surface area contributed by atoms with Crippen LogP contribution in [0.1, 0.15) is 39.2 Å². The number of likely N-dealkylation sites (tertiary alicyclic amines) is 1. The largest absolute Gasteiger partial charge is 0.444 e. The second kappa shape index (κ2) is 7.85. The van der Waals surface area contributed by atoms with Crippen LogP contribution in [0.2, 0.25) is 10.4 Å². The van der Waals surface area contributed by atoms with Gasteiger partial charge < -0.3 is 9.64 Å². The third-order valence-electron chi connectivity index (χ3n) is 3.75. The van der Waals surface area contributed by atoms with Crippen LogP contribution < -0.4 is 0 Å². The Kier molecular flexibility index (Phi) is 6.28. The summed E-state index contributed by atoms with van der Waals surface area (Å²) in [5.74, 6) is 0. The molecule has 1 aliphatic rings. The second-order valence-corrected chi connectivity index (χ2v) is 7.82. The summed E-state index contributed by atoms with van der Waals surface area (Å²) < 4.78 is 5.50. The summed E-state index contributed by atoms with van der Waals surface area (Å²) >= 11 is 11.8. The first-order chi connectivity index (χ1) is 11.2. The monoisotopic (exact) mass is 374 g/mol. The number of rotatable bonds is 4. The standard InChI is InChI=1S/C16H24Cl2N4O2/c1-16(2,3)24-15(23)22-7-5-6-12(22)10-21(4)9-11-8-19-14(18)20-13(11)17/h8,12H,5-7,9-10H2,1-4H3/t12-/m0/s1. The number of aromatic nitrogens is 2. The van der Waals surface area contributed by atoms with Crippen LogP contribution in [0.15, 0.2) is 6.20 Å². The number of hydrogen-bond acceptors (Lipinski definition) is 5. The molecule has 1 aromatic rings. The molecule has 1 saturated heterocycles. The lowest BCUT2D eigenvalue weighted by Crippen LogP contribution is -2.44. The molecule has 0 N–H and O–H groups in total. The van der Waals surface area contributed by atoms with Crippen LogP contribution in [-0.2, 0) is 11.3 Å². The molecule has 1 atom stereocenters. The van der Waals surface area contributed by atoms with E-state index in [2.05, 4.69) is 14.9 Å². The van der Waals surface area contributed by atoms with Gasteiger partial charge in [0.1, 0.15) is 10.8 Å². The van der Waals surface area contributed by atoms with Crippen LogP contribution in [-0.4, -0.2) is 57.6 Å². The Morgan fingerprint density at radius 1 is 1.46 bits per heavy atom. The quantitative estimate of drug-likeness (QED) is 0.594. The van der Waals surface area contributed by atoms with E-state index < -0.39 is 5.60 Å². The molecule has 1 fully saturated rings. The van der Waals surface area contributed by atoms with E-state index in [9.17, 15) is 4.79 Å². The highest BCUT2D eigenvalue weighted by molar-refractivity contribution is 6.32. The minimum Gasteiger partial charge on any atom is -0.444 e. The van der Waals surface area contributed by atoms with Crippen molar-refractivity contribution in [1.82, 2.24) is 19.8 Å². The summed E-state index contributed by atoms with van der Waals surface area (Å²) in [6.45, 7) is 7.70. The number of nitrogens with zero attached hydrogens (tertiary/aromatic N) is 4. The van der Waals surface area contributed by atoms with E-state index >= 15 is 0 Å². The van der Waals surface area contributed by atoms with Gasteiger partial charge in [0, 0.05) is 37.4 Å². The number of amides is 1. The number of carbonyl (C=O) groups is 1. The van der Waals surface area contributed by atoms with Crippen molar-refractivity contribution in [1.29, 1.82) is 0 Å². The topological polar surface area (TPSA) is 58.6 Å². The van der Waals surface area contributed by atoms with Crippen molar-refractivity contribution >= 4 is 29.3 Å². The van der Waals surface area contributed by atoms with Crippen LogP contribution in [0.25, 0.3) is 0 Å². The van der Waals surface area contributed by atoms with Crippen LogP contribution >= 0.6 is 23.2 Å². The molecule has 0 aliphatic carbocycles. The zero-order valence-electron chi connectivity index (χ0n) is 14.6. The highest BCUT2D eigenvalue weighted by Gasteiger charge is 2.32. The van der Waals surface area contributed by atoms with E-state index in [0.29, 0.717) is 11.7 Å². The Labute approximate surface area is 153 Å². The lowest BCUT2D eigenvalue weighted by atomic mass is 10.2. The summed E-state index contributed by atoms with van der Waals surface area (Å²) in [5.41, 5.74) is 0.329. The van der Waals surface area contributed by atoms with Gasteiger partial charge >= 0.3 is 6.09 Å². The molecular weight excluding hydrogens is 351 g/mol. The Hall–Kier alpha value is -1.11. The van der Waals surface area contributed by atoms with Crippen molar-refractivity contribution in [2.75, 3.05) is 20.1 Å². The van der Waals surface area contributed by atoms with Gasteiger partial charge in [0.2, 0.25) is 5.28 Å². The summed E-state index contributed by atoms with van der Waals surface area (Å²) in [6, 6.07) is 0.136. The minimum atomic E-state index is -0.482. The predicted molar refractivity (Wildman–Crippen MR) is 94.3 cm³/mol. The first-order valence-corrected chi connectivity index (χ1v) is 8.76. The van der Waals surface area contributed by atoms with Gasteiger partial charge in [0.25, 0.3) is 0 Å². The molecule has 8 heteroatoms. The van der Waals surface area contributed by atoms with E-state index in [-0.39, 0.29) is 17.4 Å². The van der Waals surface area contributed by atoms with Crippen molar-refractivity contribution in [3.05, 3.63) is 22.2 Å². The number of ether oxygens (including phenoxy) is 1. The fraction of sp³-hybridized carbons (Fsp3) is 0.688. The van der Waals surface area contributed by atoms with Gasteiger partial charge in [-0.2, -0.15) is 0 Å². The molecule has 0 unspecified atom stereocenters. The highest BCUT2D eigenvalue weighted by Crippen LogP contribution is 2.22. The molecular formula is C16H24Cl2N4O2. The van der Waals surface area contributed by atoms with Gasteiger partial charge in [-0.3, -0.25) is 4.90 Å². The average molecular weight is 375 g/mol. The molecule has 2 heterocycles. The van der Waals surface area contributed by atoms with Gasteiger partial charge in [0.05, 0.1) is 0 Å². The summed E-state index contributed by atoms with van der Waals surface area (Å²) in [6.07, 6.45) is 3.34. The zero-order chi connectivity index (χ0) is 17.9. The fourth-order valence-electron chi connectivity index (χ4n) is 2.77. The van der Waals surface area contributed by atoms with Crippen molar-refractivity contribution in [3.63, 3.8) is 0 Å². The third-order valence-corrected chi connectivity index (χ3v) is 4.26. The average Bonchev–Trinajstić information content (AvgIpc) is 2.88. The van der Waals surface area contributed by atoms with Gasteiger partial charge in [-0.15, -0.1) is 0 Å². The van der Waals surface area contributed by atoms with Crippen molar-refractivity contribution in [2.24, 2.45) is 0 Å². The van der Waals surface area contributed by atoms with Gasteiger partial charge in [-0.05, 0) is 52.3 Å². The fourth-order valence-corrected chi connectivity index (χ4v) is 3.14. The number of halogens is 2. The maximum atomic E-state index is 12.3. The zero-order valence-corrected chi connectivity index (χ0v) is 16.1. The van der Waals surface area contributed by atoms with Crippen LogP contribution in [0.3, 0.4) is 0 Å². The molecule has 0 radical (unpaired) electrons. The molecule has 0 aromatic carbocycles. The molecule has 134 valence electrons. The van der Waals surface area contributed by atoms with E-state index in [1.165, 1.54) is 0 Å². The molecule has 24 heavy (non-hydrogen) atoms. The molecule has 1 aliphatic heterocycles. The molecule has 0 spiro atoms. The molecule has 6 nitrogen and oxygen atoms in total. The number of carbonyl (C=O) groups excluding carboxylic acids is 1. The molecule has 1 aromatic heterocycles. The first-order valence-electron chi connectivity index (χ1n) is 8.01. The Morgan fingerprint density at radius 2 is 2.17 bits per heavy atom. The normalized spacial score (nSPS) is 18.3. The van der Waals surface area contributed by atoms with E-state index in [4.69, 9.17) is 27.9 Å². The van der Waals surface area contributed by atoms with Crippen molar-refractivity contribution in [2.45, 2.75) is 51.8 Å². The maximum Gasteiger partial charge on any atom is 0.410 e. The van der Waals surface area contributed by atoms with E-state index in [1.54, 1.807) is 6.20 Å². The third kappa shape index (κ3) is 5.46. The lowest BCUT2D eigenvalue weighted by molar-refractivity contribution is 0.0201. The van der Waals surface area contributed by atoms with E-state index in [1.807, 2.05) is 32.7 Å². The van der Waals surface area contributed by atoms with Crippen molar-refractivity contribution in [3.8, 4) is 0 Å².